The number of aromatic nitrogens is 3. The highest BCUT2D eigenvalue weighted by Gasteiger charge is 2.58. The van der Waals surface area contributed by atoms with Gasteiger partial charge < -0.3 is 14.8 Å². The van der Waals surface area contributed by atoms with Crippen LogP contribution >= 0.6 is 0 Å². The lowest BCUT2D eigenvalue weighted by Crippen LogP contribution is -2.61. The molecule has 3 heterocycles. The predicted molar refractivity (Wildman–Crippen MR) is 75.0 cm³/mol. The zero-order chi connectivity index (χ0) is 16.2. The van der Waals surface area contributed by atoms with Crippen LogP contribution in [0.4, 0.5) is 14.6 Å². The summed E-state index contributed by atoms with van der Waals surface area (Å²) in [5.74, 6) is -2.45. The Labute approximate surface area is 129 Å². The highest BCUT2D eigenvalue weighted by Crippen LogP contribution is 2.50. The monoisotopic (exact) mass is 324 g/mol. The van der Waals surface area contributed by atoms with E-state index in [9.17, 15) is 13.6 Å². The van der Waals surface area contributed by atoms with Crippen LogP contribution in [0.2, 0.25) is 0 Å². The molecule has 0 radical (unpaired) electrons. The van der Waals surface area contributed by atoms with E-state index in [-0.39, 0.29) is 31.6 Å². The maximum atomic E-state index is 13.2. The normalized spacial score (nSPS) is 20.3. The molecule has 0 unspecified atom stereocenters. The Kier molecular flexibility index (Phi) is 2.79. The van der Waals surface area contributed by atoms with Gasteiger partial charge in [0.15, 0.2) is 17.2 Å². The molecule has 1 N–H and O–H groups in total. The number of halogens is 2. The Balaban J connectivity index is 1.70. The SMILES string of the molecule is CCOC(=O)c1cnn2cc3c(nc12)NC1(CO3)CC(F)(F)C1. The summed E-state index contributed by atoms with van der Waals surface area (Å²) in [4.78, 5) is 16.2. The number of rotatable bonds is 2. The van der Waals surface area contributed by atoms with Gasteiger partial charge in [-0.1, -0.05) is 0 Å². The summed E-state index contributed by atoms with van der Waals surface area (Å²) in [6.45, 7) is 2.09. The minimum atomic E-state index is -2.68. The molecule has 2 aromatic rings. The molecule has 0 atom stereocenters. The Hall–Kier alpha value is -2.45. The first-order chi connectivity index (χ1) is 10.9. The molecule has 23 heavy (non-hydrogen) atoms. The van der Waals surface area contributed by atoms with E-state index in [1.807, 2.05) is 0 Å². The molecule has 2 aromatic heterocycles. The lowest BCUT2D eigenvalue weighted by atomic mass is 9.73. The summed E-state index contributed by atoms with van der Waals surface area (Å²) in [6.07, 6.45) is 2.34. The van der Waals surface area contributed by atoms with E-state index in [0.717, 1.165) is 0 Å². The van der Waals surface area contributed by atoms with Crippen molar-refractivity contribution in [2.75, 3.05) is 18.5 Å². The second-order valence-corrected chi connectivity index (χ2v) is 5.90. The van der Waals surface area contributed by atoms with Crippen LogP contribution < -0.4 is 10.1 Å². The van der Waals surface area contributed by atoms with Gasteiger partial charge in [0.25, 0.3) is 5.92 Å². The molecule has 1 aliphatic carbocycles. The third-order valence-corrected chi connectivity index (χ3v) is 4.04. The first-order valence-corrected chi connectivity index (χ1v) is 7.26. The molecule has 9 heteroatoms. The lowest BCUT2D eigenvalue weighted by molar-refractivity contribution is -0.126. The van der Waals surface area contributed by atoms with Gasteiger partial charge in [-0.15, -0.1) is 0 Å². The van der Waals surface area contributed by atoms with Crippen LogP contribution in [0.15, 0.2) is 12.4 Å². The van der Waals surface area contributed by atoms with Crippen molar-refractivity contribution < 1.29 is 23.0 Å². The number of carbonyl (C=O) groups excluding carboxylic acids is 1. The van der Waals surface area contributed by atoms with Crippen molar-refractivity contribution in [3.63, 3.8) is 0 Å². The van der Waals surface area contributed by atoms with Crippen LogP contribution in [0.25, 0.3) is 5.65 Å². The number of nitrogens with one attached hydrogen (secondary N) is 1. The van der Waals surface area contributed by atoms with Crippen LogP contribution in [-0.2, 0) is 4.74 Å². The number of ether oxygens (including phenoxy) is 2. The third kappa shape index (κ3) is 2.18. The molecule has 0 saturated heterocycles. The second kappa shape index (κ2) is 4.53. The standard InChI is InChI=1S/C14H14F2N4O3/c1-2-22-12(21)8-3-17-20-4-9-10(18-11(8)20)19-13(7-23-9)5-14(15,16)6-13/h3-4H,2,5-7H2,1H3,(H,18,19). The maximum Gasteiger partial charge on any atom is 0.343 e. The molecular weight excluding hydrogens is 310 g/mol. The number of hydrogen-bond donors (Lipinski definition) is 1. The summed E-state index contributed by atoms with van der Waals surface area (Å²) in [6, 6.07) is 0. The molecule has 1 spiro atoms. The fourth-order valence-electron chi connectivity index (χ4n) is 3.07. The molecule has 4 rings (SSSR count). The van der Waals surface area contributed by atoms with Gasteiger partial charge in [-0.3, -0.25) is 0 Å². The van der Waals surface area contributed by atoms with Crippen molar-refractivity contribution in [3.05, 3.63) is 18.0 Å². The second-order valence-electron chi connectivity index (χ2n) is 5.90. The number of fused-ring (bicyclic) bond motifs is 2. The van der Waals surface area contributed by atoms with E-state index < -0.39 is 17.4 Å². The van der Waals surface area contributed by atoms with Crippen molar-refractivity contribution in [2.45, 2.75) is 31.2 Å². The predicted octanol–water partition coefficient (Wildman–Crippen LogP) is 1.88. The van der Waals surface area contributed by atoms with Gasteiger partial charge in [-0.25, -0.2) is 23.1 Å². The molecule has 1 fully saturated rings. The zero-order valence-electron chi connectivity index (χ0n) is 12.3. The quantitative estimate of drug-likeness (QED) is 0.850. The van der Waals surface area contributed by atoms with Gasteiger partial charge in [0.05, 0.1) is 24.5 Å². The van der Waals surface area contributed by atoms with Crippen molar-refractivity contribution in [3.8, 4) is 5.75 Å². The molecule has 0 amide bonds. The minimum Gasteiger partial charge on any atom is -0.486 e. The topological polar surface area (TPSA) is 77.8 Å². The van der Waals surface area contributed by atoms with Crippen LogP contribution in [-0.4, -0.2) is 45.2 Å². The van der Waals surface area contributed by atoms with Gasteiger partial charge in [-0.05, 0) is 6.92 Å². The smallest absolute Gasteiger partial charge is 0.343 e. The van der Waals surface area contributed by atoms with Gasteiger partial charge >= 0.3 is 5.97 Å². The van der Waals surface area contributed by atoms with Crippen LogP contribution in [0.3, 0.4) is 0 Å². The van der Waals surface area contributed by atoms with E-state index >= 15 is 0 Å². The highest BCUT2D eigenvalue weighted by molar-refractivity contribution is 5.95. The van der Waals surface area contributed by atoms with Crippen molar-refractivity contribution >= 4 is 17.4 Å². The first kappa shape index (κ1) is 14.2. The fourth-order valence-corrected chi connectivity index (χ4v) is 3.07. The third-order valence-electron chi connectivity index (χ3n) is 4.04. The van der Waals surface area contributed by atoms with Crippen molar-refractivity contribution in [1.29, 1.82) is 0 Å². The van der Waals surface area contributed by atoms with E-state index in [4.69, 9.17) is 9.47 Å². The average Bonchev–Trinajstić information content (AvgIpc) is 2.86. The summed E-state index contributed by atoms with van der Waals surface area (Å²) in [5.41, 5.74) is -0.289. The van der Waals surface area contributed by atoms with Gasteiger partial charge in [0.1, 0.15) is 12.2 Å². The number of esters is 1. The lowest BCUT2D eigenvalue weighted by Gasteiger charge is -2.49. The number of nitrogens with zero attached hydrogens (tertiary/aromatic N) is 3. The molecular formula is C14H14F2N4O3. The summed E-state index contributed by atoms with van der Waals surface area (Å²) in [7, 11) is 0. The van der Waals surface area contributed by atoms with E-state index in [1.165, 1.54) is 10.7 Å². The summed E-state index contributed by atoms with van der Waals surface area (Å²) in [5, 5.41) is 7.09. The molecule has 2 aliphatic rings. The summed E-state index contributed by atoms with van der Waals surface area (Å²) < 4.78 is 38.3. The number of anilines is 1. The molecule has 1 aliphatic heterocycles. The zero-order valence-corrected chi connectivity index (χ0v) is 12.3. The molecule has 0 aromatic carbocycles. The molecule has 1 saturated carbocycles. The van der Waals surface area contributed by atoms with Crippen molar-refractivity contribution in [2.24, 2.45) is 0 Å². The average molecular weight is 324 g/mol. The first-order valence-electron chi connectivity index (χ1n) is 7.26. The van der Waals surface area contributed by atoms with Gasteiger partial charge in [-0.2, -0.15) is 5.10 Å². The Morgan fingerprint density at radius 1 is 1.52 bits per heavy atom. The maximum absolute atomic E-state index is 13.2. The van der Waals surface area contributed by atoms with Crippen LogP contribution in [0.5, 0.6) is 5.75 Å². The molecule has 122 valence electrons. The minimum absolute atomic E-state index is 0.148. The van der Waals surface area contributed by atoms with E-state index in [2.05, 4.69) is 15.4 Å². The molecule has 0 bridgehead atoms. The largest absolute Gasteiger partial charge is 0.486 e. The van der Waals surface area contributed by atoms with E-state index in [0.29, 0.717) is 17.2 Å². The summed E-state index contributed by atoms with van der Waals surface area (Å²) >= 11 is 0. The van der Waals surface area contributed by atoms with Gasteiger partial charge in [0, 0.05) is 12.8 Å². The van der Waals surface area contributed by atoms with Crippen molar-refractivity contribution in [1.82, 2.24) is 14.6 Å². The van der Waals surface area contributed by atoms with Crippen LogP contribution in [0.1, 0.15) is 30.1 Å². The highest BCUT2D eigenvalue weighted by atomic mass is 19.3. The van der Waals surface area contributed by atoms with E-state index in [1.54, 1.807) is 13.1 Å². The number of carbonyl (C=O) groups is 1. The fraction of sp³-hybridized carbons (Fsp3) is 0.500. The Morgan fingerprint density at radius 2 is 2.30 bits per heavy atom. The Morgan fingerprint density at radius 3 is 3.00 bits per heavy atom. The molecule has 7 nitrogen and oxygen atoms in total. The number of hydrogen-bond acceptors (Lipinski definition) is 6. The number of alkyl halides is 2. The Bertz CT molecular complexity index is 797. The van der Waals surface area contributed by atoms with Gasteiger partial charge in [0.2, 0.25) is 0 Å². The van der Waals surface area contributed by atoms with Crippen LogP contribution in [0, 0.1) is 0 Å².